The SMILES string of the molecule is CCCOCCC(=O)Cc1cccnc1. The summed E-state index contributed by atoms with van der Waals surface area (Å²) in [4.78, 5) is 15.4. The Balaban J connectivity index is 2.19. The predicted octanol–water partition coefficient (Wildman–Crippen LogP) is 2.01. The summed E-state index contributed by atoms with van der Waals surface area (Å²) in [5, 5.41) is 0. The maximum Gasteiger partial charge on any atom is 0.139 e. The van der Waals surface area contributed by atoms with Crippen molar-refractivity contribution in [3.05, 3.63) is 30.1 Å². The molecule has 0 saturated carbocycles. The van der Waals surface area contributed by atoms with Crippen LogP contribution in [0.5, 0.6) is 0 Å². The van der Waals surface area contributed by atoms with E-state index in [1.54, 1.807) is 12.4 Å². The minimum atomic E-state index is 0.208. The first-order chi connectivity index (χ1) is 7.33. The molecule has 0 aliphatic carbocycles. The second kappa shape index (κ2) is 7.12. The van der Waals surface area contributed by atoms with Gasteiger partial charge >= 0.3 is 0 Å². The van der Waals surface area contributed by atoms with Gasteiger partial charge in [0.05, 0.1) is 6.61 Å². The molecule has 0 fully saturated rings. The summed E-state index contributed by atoms with van der Waals surface area (Å²) in [6, 6.07) is 3.76. The second-order valence-electron chi connectivity index (χ2n) is 3.44. The van der Waals surface area contributed by atoms with Gasteiger partial charge in [0.15, 0.2) is 0 Å². The number of hydrogen-bond donors (Lipinski definition) is 0. The molecule has 0 aromatic carbocycles. The monoisotopic (exact) mass is 207 g/mol. The van der Waals surface area contributed by atoms with Crippen LogP contribution < -0.4 is 0 Å². The van der Waals surface area contributed by atoms with Crippen molar-refractivity contribution in [2.75, 3.05) is 13.2 Å². The molecule has 0 aliphatic heterocycles. The number of Topliss-reactive ketones (excluding diaryl/α,β-unsaturated/α-hetero) is 1. The van der Waals surface area contributed by atoms with Crippen molar-refractivity contribution in [1.82, 2.24) is 4.98 Å². The zero-order valence-corrected chi connectivity index (χ0v) is 9.11. The summed E-state index contributed by atoms with van der Waals surface area (Å²) in [6.07, 6.45) is 5.39. The first-order valence-electron chi connectivity index (χ1n) is 5.31. The normalized spacial score (nSPS) is 10.2. The molecule has 0 N–H and O–H groups in total. The van der Waals surface area contributed by atoms with Crippen molar-refractivity contribution in [2.45, 2.75) is 26.2 Å². The first-order valence-corrected chi connectivity index (χ1v) is 5.31. The molecular formula is C12H17NO2. The third kappa shape index (κ3) is 5.27. The van der Waals surface area contributed by atoms with Gasteiger partial charge in [-0.05, 0) is 18.1 Å². The van der Waals surface area contributed by atoms with Crippen LogP contribution in [0.1, 0.15) is 25.3 Å². The van der Waals surface area contributed by atoms with Crippen LogP contribution in [0.4, 0.5) is 0 Å². The molecule has 1 rings (SSSR count). The standard InChI is InChI=1S/C12H17NO2/c1-2-7-15-8-5-12(14)9-11-4-3-6-13-10-11/h3-4,6,10H,2,5,7-9H2,1H3. The lowest BCUT2D eigenvalue weighted by molar-refractivity contribution is -0.119. The molecule has 0 amide bonds. The molecule has 0 aliphatic rings. The number of ether oxygens (including phenoxy) is 1. The van der Waals surface area contributed by atoms with Gasteiger partial charge in [-0.25, -0.2) is 0 Å². The van der Waals surface area contributed by atoms with Gasteiger partial charge in [0.2, 0.25) is 0 Å². The molecule has 1 aromatic rings. The van der Waals surface area contributed by atoms with E-state index >= 15 is 0 Å². The van der Waals surface area contributed by atoms with Crippen molar-refractivity contribution >= 4 is 5.78 Å². The Morgan fingerprint density at radius 1 is 1.47 bits per heavy atom. The zero-order chi connectivity index (χ0) is 10.9. The molecule has 82 valence electrons. The van der Waals surface area contributed by atoms with Gasteiger partial charge in [-0.1, -0.05) is 13.0 Å². The molecule has 0 atom stereocenters. The lowest BCUT2D eigenvalue weighted by Crippen LogP contribution is -2.07. The number of carbonyl (C=O) groups is 1. The molecule has 0 saturated heterocycles. The van der Waals surface area contributed by atoms with Crippen LogP contribution in [0.25, 0.3) is 0 Å². The van der Waals surface area contributed by atoms with Crippen LogP contribution in [0.15, 0.2) is 24.5 Å². The average molecular weight is 207 g/mol. The number of ketones is 1. The van der Waals surface area contributed by atoms with E-state index < -0.39 is 0 Å². The molecule has 3 nitrogen and oxygen atoms in total. The third-order valence-corrected chi connectivity index (χ3v) is 2.00. The number of aromatic nitrogens is 1. The number of hydrogen-bond acceptors (Lipinski definition) is 3. The maximum absolute atomic E-state index is 11.5. The number of pyridine rings is 1. The van der Waals surface area contributed by atoms with Gasteiger partial charge in [-0.3, -0.25) is 9.78 Å². The fraction of sp³-hybridized carbons (Fsp3) is 0.500. The summed E-state index contributed by atoms with van der Waals surface area (Å²) in [5.41, 5.74) is 0.970. The number of carbonyl (C=O) groups excluding carboxylic acids is 1. The van der Waals surface area contributed by atoms with Gasteiger partial charge in [0, 0.05) is 31.8 Å². The van der Waals surface area contributed by atoms with E-state index in [0.29, 0.717) is 19.4 Å². The van der Waals surface area contributed by atoms with E-state index in [2.05, 4.69) is 11.9 Å². The summed E-state index contributed by atoms with van der Waals surface area (Å²) in [6.45, 7) is 3.32. The molecule has 15 heavy (non-hydrogen) atoms. The highest BCUT2D eigenvalue weighted by atomic mass is 16.5. The lowest BCUT2D eigenvalue weighted by Gasteiger charge is -2.02. The van der Waals surface area contributed by atoms with Gasteiger partial charge < -0.3 is 4.74 Å². The Kier molecular flexibility index (Phi) is 5.63. The largest absolute Gasteiger partial charge is 0.381 e. The highest BCUT2D eigenvalue weighted by Crippen LogP contribution is 2.00. The minimum absolute atomic E-state index is 0.208. The fourth-order valence-electron chi connectivity index (χ4n) is 1.25. The van der Waals surface area contributed by atoms with Crippen LogP contribution in [0.3, 0.4) is 0 Å². The van der Waals surface area contributed by atoms with E-state index in [4.69, 9.17) is 4.74 Å². The smallest absolute Gasteiger partial charge is 0.139 e. The summed E-state index contributed by atoms with van der Waals surface area (Å²) >= 11 is 0. The molecular weight excluding hydrogens is 190 g/mol. The van der Waals surface area contributed by atoms with Crippen molar-refractivity contribution < 1.29 is 9.53 Å². The molecule has 0 spiro atoms. The van der Waals surface area contributed by atoms with Crippen molar-refractivity contribution in [2.24, 2.45) is 0 Å². The highest BCUT2D eigenvalue weighted by Gasteiger charge is 2.03. The Bertz CT molecular complexity index is 285. The maximum atomic E-state index is 11.5. The van der Waals surface area contributed by atoms with Crippen LogP contribution in [0.2, 0.25) is 0 Å². The first kappa shape index (κ1) is 11.9. The minimum Gasteiger partial charge on any atom is -0.381 e. The van der Waals surface area contributed by atoms with Crippen LogP contribution in [0, 0.1) is 0 Å². The van der Waals surface area contributed by atoms with E-state index in [-0.39, 0.29) is 5.78 Å². The Labute approximate surface area is 90.5 Å². The van der Waals surface area contributed by atoms with E-state index in [1.807, 2.05) is 12.1 Å². The summed E-state index contributed by atoms with van der Waals surface area (Å²) in [7, 11) is 0. The topological polar surface area (TPSA) is 39.2 Å². The van der Waals surface area contributed by atoms with Crippen LogP contribution >= 0.6 is 0 Å². The second-order valence-corrected chi connectivity index (χ2v) is 3.44. The molecule has 1 aromatic heterocycles. The molecule has 0 unspecified atom stereocenters. The Morgan fingerprint density at radius 2 is 2.33 bits per heavy atom. The van der Waals surface area contributed by atoms with Gasteiger partial charge in [-0.15, -0.1) is 0 Å². The highest BCUT2D eigenvalue weighted by molar-refractivity contribution is 5.80. The Morgan fingerprint density at radius 3 is 3.00 bits per heavy atom. The van der Waals surface area contributed by atoms with Gasteiger partial charge in [-0.2, -0.15) is 0 Å². The van der Waals surface area contributed by atoms with E-state index in [9.17, 15) is 4.79 Å². The van der Waals surface area contributed by atoms with Crippen molar-refractivity contribution in [3.63, 3.8) is 0 Å². The quantitative estimate of drug-likeness (QED) is 0.642. The molecule has 1 heterocycles. The van der Waals surface area contributed by atoms with Crippen LogP contribution in [-0.2, 0) is 16.0 Å². The molecule has 3 heteroatoms. The lowest BCUT2D eigenvalue weighted by atomic mass is 10.1. The van der Waals surface area contributed by atoms with Crippen molar-refractivity contribution in [3.8, 4) is 0 Å². The van der Waals surface area contributed by atoms with Crippen molar-refractivity contribution in [1.29, 1.82) is 0 Å². The zero-order valence-electron chi connectivity index (χ0n) is 9.11. The summed E-state index contributed by atoms with van der Waals surface area (Å²) < 4.78 is 5.25. The number of nitrogens with zero attached hydrogens (tertiary/aromatic N) is 1. The van der Waals surface area contributed by atoms with Gasteiger partial charge in [0.1, 0.15) is 5.78 Å². The molecule has 0 radical (unpaired) electrons. The average Bonchev–Trinajstić information content (AvgIpc) is 2.26. The van der Waals surface area contributed by atoms with Crippen LogP contribution in [-0.4, -0.2) is 24.0 Å². The van der Waals surface area contributed by atoms with Gasteiger partial charge in [0.25, 0.3) is 0 Å². The van der Waals surface area contributed by atoms with E-state index in [0.717, 1.165) is 18.6 Å². The fourth-order valence-corrected chi connectivity index (χ4v) is 1.25. The molecule has 0 bridgehead atoms. The Hall–Kier alpha value is -1.22. The third-order valence-electron chi connectivity index (χ3n) is 2.00. The number of rotatable bonds is 7. The van der Waals surface area contributed by atoms with E-state index in [1.165, 1.54) is 0 Å². The predicted molar refractivity (Wildman–Crippen MR) is 58.7 cm³/mol. The summed E-state index contributed by atoms with van der Waals surface area (Å²) in [5.74, 6) is 0.208.